The summed E-state index contributed by atoms with van der Waals surface area (Å²) in [5, 5.41) is 2.21. The van der Waals surface area contributed by atoms with Crippen molar-refractivity contribution in [3.05, 3.63) is 17.8 Å². The Hall–Kier alpha value is -1.83. The quantitative estimate of drug-likeness (QED) is 0.927. The average Bonchev–Trinajstić information content (AvgIpc) is 2.91. The van der Waals surface area contributed by atoms with Crippen LogP contribution in [-0.2, 0) is 15.7 Å². The molecule has 0 bridgehead atoms. The molecule has 1 fully saturated rings. The minimum Gasteiger partial charge on any atom is -0.481 e. The Balaban J connectivity index is 2.24. The van der Waals surface area contributed by atoms with Gasteiger partial charge in [0.15, 0.2) is 5.69 Å². The normalized spacial score (nSPS) is 18.9. The van der Waals surface area contributed by atoms with Gasteiger partial charge in [-0.3, -0.25) is 4.79 Å². The number of rotatable bonds is 3. The maximum atomic E-state index is 12.9. The summed E-state index contributed by atoms with van der Waals surface area (Å²) in [6, 6.07) is 2.36. The molecule has 1 aliphatic heterocycles. The third-order valence-electron chi connectivity index (χ3n) is 2.83. The van der Waals surface area contributed by atoms with Crippen LogP contribution in [-0.4, -0.2) is 30.7 Å². The lowest BCUT2D eigenvalue weighted by Gasteiger charge is -2.15. The van der Waals surface area contributed by atoms with Crippen LogP contribution in [0.4, 0.5) is 18.9 Å². The van der Waals surface area contributed by atoms with E-state index in [2.05, 4.69) is 15.0 Å². The van der Waals surface area contributed by atoms with Crippen LogP contribution >= 0.6 is 0 Å². The zero-order valence-corrected chi connectivity index (χ0v) is 10.7. The Morgan fingerprint density at radius 3 is 2.80 bits per heavy atom. The number of pyridine rings is 1. The molecular formula is C12H13F3N2O3. The van der Waals surface area contributed by atoms with Gasteiger partial charge in [0.05, 0.1) is 12.8 Å². The Morgan fingerprint density at radius 2 is 2.25 bits per heavy atom. The Morgan fingerprint density at radius 1 is 1.50 bits per heavy atom. The standard InChI is InChI=1S/C12H13F3N2O3/c1-19-9-5-4-7(10(17-9)12(13,14)15)16-11(18)8-3-2-6-20-8/h4-5,8H,2-3,6H2,1H3,(H,16,18)/t8-/m1/s1. The van der Waals surface area contributed by atoms with Crippen molar-refractivity contribution in [1.82, 2.24) is 4.98 Å². The van der Waals surface area contributed by atoms with Gasteiger partial charge >= 0.3 is 6.18 Å². The molecule has 110 valence electrons. The van der Waals surface area contributed by atoms with E-state index in [0.717, 1.165) is 6.07 Å². The number of halogens is 3. The molecule has 1 saturated heterocycles. The van der Waals surface area contributed by atoms with E-state index in [0.29, 0.717) is 19.4 Å². The Kier molecular flexibility index (Phi) is 4.12. The first-order chi connectivity index (χ1) is 9.41. The third-order valence-corrected chi connectivity index (χ3v) is 2.83. The van der Waals surface area contributed by atoms with Gasteiger partial charge in [-0.05, 0) is 18.9 Å². The number of aromatic nitrogens is 1. The van der Waals surface area contributed by atoms with Crippen LogP contribution in [0.3, 0.4) is 0 Å². The van der Waals surface area contributed by atoms with Crippen molar-refractivity contribution < 1.29 is 27.4 Å². The van der Waals surface area contributed by atoms with Crippen molar-refractivity contribution in [3.8, 4) is 5.88 Å². The number of hydrogen-bond donors (Lipinski definition) is 1. The number of hydrogen-bond acceptors (Lipinski definition) is 4. The van der Waals surface area contributed by atoms with Gasteiger partial charge in [-0.2, -0.15) is 13.2 Å². The highest BCUT2D eigenvalue weighted by atomic mass is 19.4. The number of carbonyl (C=O) groups excluding carboxylic acids is 1. The first-order valence-corrected chi connectivity index (χ1v) is 5.96. The molecule has 0 radical (unpaired) electrons. The Labute approximate surface area is 113 Å². The van der Waals surface area contributed by atoms with Crippen molar-refractivity contribution in [3.63, 3.8) is 0 Å². The van der Waals surface area contributed by atoms with Crippen LogP contribution in [0, 0.1) is 0 Å². The van der Waals surface area contributed by atoms with Crippen LogP contribution in [0.15, 0.2) is 12.1 Å². The van der Waals surface area contributed by atoms with Crippen molar-refractivity contribution in [2.75, 3.05) is 19.0 Å². The van der Waals surface area contributed by atoms with Gasteiger partial charge in [-0.1, -0.05) is 0 Å². The summed E-state index contributed by atoms with van der Waals surface area (Å²) in [6.07, 6.45) is -4.19. The van der Waals surface area contributed by atoms with Crippen molar-refractivity contribution in [2.24, 2.45) is 0 Å². The molecule has 0 spiro atoms. The summed E-state index contributed by atoms with van der Waals surface area (Å²) in [7, 11) is 1.22. The van der Waals surface area contributed by atoms with E-state index in [4.69, 9.17) is 4.74 Å². The molecule has 1 aromatic rings. The van der Waals surface area contributed by atoms with Gasteiger partial charge in [0.2, 0.25) is 5.88 Å². The van der Waals surface area contributed by atoms with Gasteiger partial charge in [0.25, 0.3) is 5.91 Å². The number of carbonyl (C=O) groups is 1. The topological polar surface area (TPSA) is 60.5 Å². The minimum atomic E-state index is -4.69. The molecule has 0 aromatic carbocycles. The molecule has 0 aliphatic carbocycles. The van der Waals surface area contributed by atoms with Crippen molar-refractivity contribution >= 4 is 11.6 Å². The maximum Gasteiger partial charge on any atom is 0.435 e. The lowest BCUT2D eigenvalue weighted by atomic mass is 10.2. The molecule has 0 unspecified atom stereocenters. The molecule has 5 nitrogen and oxygen atoms in total. The van der Waals surface area contributed by atoms with Gasteiger partial charge in [0, 0.05) is 12.7 Å². The van der Waals surface area contributed by atoms with E-state index in [1.165, 1.54) is 13.2 Å². The highest BCUT2D eigenvalue weighted by Crippen LogP contribution is 2.34. The van der Waals surface area contributed by atoms with E-state index in [1.807, 2.05) is 0 Å². The number of alkyl halides is 3. The summed E-state index contributed by atoms with van der Waals surface area (Å²) in [6.45, 7) is 0.436. The molecule has 0 saturated carbocycles. The van der Waals surface area contributed by atoms with Crippen LogP contribution < -0.4 is 10.1 Å². The molecule has 2 rings (SSSR count). The number of amides is 1. The van der Waals surface area contributed by atoms with Crippen LogP contribution in [0.2, 0.25) is 0 Å². The molecule has 8 heteroatoms. The predicted molar refractivity (Wildman–Crippen MR) is 63.4 cm³/mol. The minimum absolute atomic E-state index is 0.174. The molecule has 1 aromatic heterocycles. The SMILES string of the molecule is COc1ccc(NC(=O)[C@H]2CCCO2)c(C(F)(F)F)n1. The third kappa shape index (κ3) is 3.19. The average molecular weight is 290 g/mol. The van der Waals surface area contributed by atoms with E-state index < -0.39 is 29.6 Å². The summed E-state index contributed by atoms with van der Waals surface area (Å²) in [4.78, 5) is 15.1. The molecule has 2 heterocycles. The molecule has 20 heavy (non-hydrogen) atoms. The first kappa shape index (κ1) is 14.6. The number of ether oxygens (including phenoxy) is 2. The molecule has 1 atom stereocenters. The van der Waals surface area contributed by atoms with Crippen LogP contribution in [0.1, 0.15) is 18.5 Å². The monoisotopic (exact) mass is 290 g/mol. The summed E-state index contributed by atoms with van der Waals surface area (Å²) >= 11 is 0. The second-order valence-electron chi connectivity index (χ2n) is 4.24. The zero-order valence-electron chi connectivity index (χ0n) is 10.7. The molecule has 1 amide bonds. The zero-order chi connectivity index (χ0) is 14.8. The van der Waals surface area contributed by atoms with Gasteiger partial charge < -0.3 is 14.8 Å². The number of methoxy groups -OCH3 is 1. The van der Waals surface area contributed by atoms with Crippen molar-refractivity contribution in [1.29, 1.82) is 0 Å². The number of nitrogens with zero attached hydrogens (tertiary/aromatic N) is 1. The fourth-order valence-corrected chi connectivity index (χ4v) is 1.87. The van der Waals surface area contributed by atoms with Gasteiger partial charge in [-0.25, -0.2) is 4.98 Å². The summed E-state index contributed by atoms with van der Waals surface area (Å²) in [5.74, 6) is -0.771. The van der Waals surface area contributed by atoms with E-state index in [1.54, 1.807) is 0 Å². The maximum absolute atomic E-state index is 12.9. The second kappa shape index (κ2) is 5.66. The number of anilines is 1. The molecule has 1 aliphatic rings. The largest absolute Gasteiger partial charge is 0.481 e. The summed E-state index contributed by atoms with van der Waals surface area (Å²) in [5.41, 5.74) is -1.60. The van der Waals surface area contributed by atoms with Gasteiger partial charge in [-0.15, -0.1) is 0 Å². The molecule has 1 N–H and O–H groups in total. The van der Waals surface area contributed by atoms with Crippen molar-refractivity contribution in [2.45, 2.75) is 25.1 Å². The lowest BCUT2D eigenvalue weighted by molar-refractivity contribution is -0.140. The lowest BCUT2D eigenvalue weighted by Crippen LogP contribution is -2.28. The summed E-state index contributed by atoms with van der Waals surface area (Å²) < 4.78 is 48.5. The van der Waals surface area contributed by atoms with E-state index in [9.17, 15) is 18.0 Å². The van der Waals surface area contributed by atoms with E-state index >= 15 is 0 Å². The first-order valence-electron chi connectivity index (χ1n) is 5.96. The smallest absolute Gasteiger partial charge is 0.435 e. The fraction of sp³-hybridized carbons (Fsp3) is 0.500. The number of nitrogens with one attached hydrogen (secondary N) is 1. The molecular weight excluding hydrogens is 277 g/mol. The fourth-order valence-electron chi connectivity index (χ4n) is 1.87. The second-order valence-corrected chi connectivity index (χ2v) is 4.24. The van der Waals surface area contributed by atoms with Crippen LogP contribution in [0.5, 0.6) is 5.88 Å². The highest BCUT2D eigenvalue weighted by molar-refractivity contribution is 5.94. The van der Waals surface area contributed by atoms with E-state index in [-0.39, 0.29) is 5.88 Å². The predicted octanol–water partition coefficient (Wildman–Crippen LogP) is 2.23. The highest BCUT2D eigenvalue weighted by Gasteiger charge is 2.37. The van der Waals surface area contributed by atoms with Gasteiger partial charge in [0.1, 0.15) is 6.10 Å². The van der Waals surface area contributed by atoms with Crippen LogP contribution in [0.25, 0.3) is 0 Å². The Bertz CT molecular complexity index is 499.